The molecule has 1 heterocycles. The van der Waals surface area contributed by atoms with Crippen molar-refractivity contribution in [3.63, 3.8) is 0 Å². The zero-order valence-electron chi connectivity index (χ0n) is 14.4. The first-order chi connectivity index (χ1) is 11.0. The second kappa shape index (κ2) is 8.13. The summed E-state index contributed by atoms with van der Waals surface area (Å²) in [6.07, 6.45) is 3.65. The van der Waals surface area contributed by atoms with E-state index in [-0.39, 0.29) is 0 Å². The molecule has 0 radical (unpaired) electrons. The van der Waals surface area contributed by atoms with E-state index in [1.54, 1.807) is 29.6 Å². The third-order valence-corrected chi connectivity index (χ3v) is 6.31. The van der Waals surface area contributed by atoms with Crippen molar-refractivity contribution in [2.24, 2.45) is 0 Å². The van der Waals surface area contributed by atoms with Gasteiger partial charge in [0.1, 0.15) is 5.75 Å². The van der Waals surface area contributed by atoms with Crippen molar-refractivity contribution in [3.05, 3.63) is 23.8 Å². The Balaban J connectivity index is 2.00. The van der Waals surface area contributed by atoms with Crippen molar-refractivity contribution < 1.29 is 13.2 Å². The van der Waals surface area contributed by atoms with E-state index in [2.05, 4.69) is 11.8 Å². The van der Waals surface area contributed by atoms with Crippen LogP contribution in [0.25, 0.3) is 0 Å². The Morgan fingerprint density at radius 2 is 1.83 bits per heavy atom. The van der Waals surface area contributed by atoms with Gasteiger partial charge in [0, 0.05) is 26.2 Å². The van der Waals surface area contributed by atoms with Crippen molar-refractivity contribution in [2.75, 3.05) is 39.8 Å². The van der Waals surface area contributed by atoms with Gasteiger partial charge in [0.2, 0.25) is 10.0 Å². The van der Waals surface area contributed by atoms with E-state index in [9.17, 15) is 8.42 Å². The fourth-order valence-corrected chi connectivity index (χ4v) is 4.45. The van der Waals surface area contributed by atoms with Crippen LogP contribution in [0, 0.1) is 6.92 Å². The van der Waals surface area contributed by atoms with Crippen LogP contribution in [0.3, 0.4) is 0 Å². The summed E-state index contributed by atoms with van der Waals surface area (Å²) < 4.78 is 32.4. The topological polar surface area (TPSA) is 49.9 Å². The molecule has 0 aliphatic carbocycles. The lowest BCUT2D eigenvalue weighted by Crippen LogP contribution is -2.48. The highest BCUT2D eigenvalue weighted by atomic mass is 32.2. The predicted octanol–water partition coefficient (Wildman–Crippen LogP) is 2.50. The molecule has 1 aliphatic rings. The largest absolute Gasteiger partial charge is 0.496 e. The van der Waals surface area contributed by atoms with E-state index in [1.165, 1.54) is 19.3 Å². The first-order valence-corrected chi connectivity index (χ1v) is 9.80. The van der Waals surface area contributed by atoms with Gasteiger partial charge in [-0.2, -0.15) is 4.31 Å². The Morgan fingerprint density at radius 3 is 2.39 bits per heavy atom. The molecule has 6 heteroatoms. The number of methoxy groups -OCH3 is 1. The molecule has 0 aromatic heterocycles. The quantitative estimate of drug-likeness (QED) is 0.716. The van der Waals surface area contributed by atoms with Gasteiger partial charge in [0.25, 0.3) is 0 Å². The molecular formula is C17H28N2O3S. The highest BCUT2D eigenvalue weighted by Gasteiger charge is 2.28. The number of rotatable bonds is 7. The molecule has 1 fully saturated rings. The minimum absolute atomic E-state index is 0.357. The van der Waals surface area contributed by atoms with Crippen LogP contribution in [-0.2, 0) is 10.0 Å². The van der Waals surface area contributed by atoms with Gasteiger partial charge < -0.3 is 9.64 Å². The van der Waals surface area contributed by atoms with Gasteiger partial charge in [0.05, 0.1) is 12.0 Å². The number of piperazine rings is 1. The third kappa shape index (κ3) is 4.46. The second-order valence-electron chi connectivity index (χ2n) is 6.08. The van der Waals surface area contributed by atoms with Gasteiger partial charge in [-0.1, -0.05) is 19.8 Å². The molecule has 0 unspecified atom stereocenters. The lowest BCUT2D eigenvalue weighted by Gasteiger charge is -2.34. The lowest BCUT2D eigenvalue weighted by molar-refractivity contribution is 0.185. The van der Waals surface area contributed by atoms with Crippen LogP contribution in [0.2, 0.25) is 0 Å². The number of ether oxygens (including phenoxy) is 1. The number of hydrogen-bond acceptors (Lipinski definition) is 4. The lowest BCUT2D eigenvalue weighted by atomic mass is 10.2. The molecule has 1 aromatic rings. The summed E-state index contributed by atoms with van der Waals surface area (Å²) in [5.74, 6) is 0.713. The molecule has 1 aromatic carbocycles. The van der Waals surface area contributed by atoms with Crippen molar-refractivity contribution >= 4 is 10.0 Å². The molecule has 0 bridgehead atoms. The van der Waals surface area contributed by atoms with Crippen LogP contribution in [0.4, 0.5) is 0 Å². The van der Waals surface area contributed by atoms with Gasteiger partial charge in [-0.15, -0.1) is 0 Å². The number of unbranched alkanes of at least 4 members (excludes halogenated alkanes) is 2. The number of benzene rings is 1. The Hall–Kier alpha value is -1.11. The van der Waals surface area contributed by atoms with Gasteiger partial charge in [-0.3, -0.25) is 0 Å². The summed E-state index contributed by atoms with van der Waals surface area (Å²) in [6.45, 7) is 7.91. The average molecular weight is 340 g/mol. The third-order valence-electron chi connectivity index (χ3n) is 4.41. The molecule has 2 rings (SSSR count). The minimum atomic E-state index is -3.41. The normalized spacial score (nSPS) is 17.3. The Labute approximate surface area is 140 Å². The van der Waals surface area contributed by atoms with E-state index >= 15 is 0 Å². The molecule has 5 nitrogen and oxygen atoms in total. The van der Waals surface area contributed by atoms with Crippen LogP contribution in [-0.4, -0.2) is 57.5 Å². The van der Waals surface area contributed by atoms with E-state index in [4.69, 9.17) is 4.74 Å². The van der Waals surface area contributed by atoms with Crippen molar-refractivity contribution in [1.29, 1.82) is 0 Å². The van der Waals surface area contributed by atoms with Crippen molar-refractivity contribution in [2.45, 2.75) is 38.0 Å². The monoisotopic (exact) mass is 340 g/mol. The molecule has 130 valence electrons. The highest BCUT2D eigenvalue weighted by Crippen LogP contribution is 2.24. The Kier molecular flexibility index (Phi) is 6.44. The second-order valence-corrected chi connectivity index (χ2v) is 8.02. The number of hydrogen-bond donors (Lipinski definition) is 0. The highest BCUT2D eigenvalue weighted by molar-refractivity contribution is 7.89. The molecule has 0 spiro atoms. The Morgan fingerprint density at radius 1 is 1.13 bits per heavy atom. The van der Waals surface area contributed by atoms with E-state index in [0.717, 1.165) is 25.2 Å². The predicted molar refractivity (Wildman–Crippen MR) is 92.5 cm³/mol. The van der Waals surface area contributed by atoms with Crippen LogP contribution in [0.15, 0.2) is 23.1 Å². The Bertz CT molecular complexity index is 608. The maximum absolute atomic E-state index is 12.8. The first kappa shape index (κ1) is 18.2. The fourth-order valence-electron chi connectivity index (χ4n) is 2.94. The summed E-state index contributed by atoms with van der Waals surface area (Å²) >= 11 is 0. The molecule has 1 saturated heterocycles. The summed E-state index contributed by atoms with van der Waals surface area (Å²) in [5.41, 5.74) is 0.840. The smallest absolute Gasteiger partial charge is 0.243 e. The van der Waals surface area contributed by atoms with Crippen LogP contribution < -0.4 is 4.74 Å². The molecule has 0 amide bonds. The first-order valence-electron chi connectivity index (χ1n) is 8.36. The summed E-state index contributed by atoms with van der Waals surface area (Å²) in [4.78, 5) is 2.72. The summed E-state index contributed by atoms with van der Waals surface area (Å²) in [5, 5.41) is 0. The summed E-state index contributed by atoms with van der Waals surface area (Å²) in [7, 11) is -1.82. The van der Waals surface area contributed by atoms with E-state index in [1.807, 2.05) is 6.92 Å². The maximum Gasteiger partial charge on any atom is 0.243 e. The number of sulfonamides is 1. The maximum atomic E-state index is 12.8. The zero-order valence-corrected chi connectivity index (χ0v) is 15.2. The van der Waals surface area contributed by atoms with E-state index in [0.29, 0.717) is 23.7 Å². The van der Waals surface area contributed by atoms with Crippen LogP contribution in [0.1, 0.15) is 31.7 Å². The standard InChI is InChI=1S/C17H28N2O3S/c1-4-5-6-9-18-10-12-19(13-11-18)23(20,21)16-7-8-17(22-3)15(2)14-16/h7-8,14H,4-6,9-13H2,1-3H3. The molecule has 0 atom stereocenters. The van der Waals surface area contributed by atoms with Gasteiger partial charge in [0.15, 0.2) is 0 Å². The summed E-state index contributed by atoms with van der Waals surface area (Å²) in [6, 6.07) is 5.06. The molecule has 0 N–H and O–H groups in total. The minimum Gasteiger partial charge on any atom is -0.496 e. The average Bonchev–Trinajstić information content (AvgIpc) is 2.55. The van der Waals surface area contributed by atoms with Gasteiger partial charge in [-0.25, -0.2) is 8.42 Å². The molecule has 1 aliphatic heterocycles. The molecular weight excluding hydrogens is 312 g/mol. The van der Waals surface area contributed by atoms with Gasteiger partial charge >= 0.3 is 0 Å². The zero-order chi connectivity index (χ0) is 16.9. The SMILES string of the molecule is CCCCCN1CCN(S(=O)(=O)c2ccc(OC)c(C)c2)CC1. The van der Waals surface area contributed by atoms with Crippen LogP contribution >= 0.6 is 0 Å². The fraction of sp³-hybridized carbons (Fsp3) is 0.647. The molecule has 23 heavy (non-hydrogen) atoms. The van der Waals surface area contributed by atoms with E-state index < -0.39 is 10.0 Å². The van der Waals surface area contributed by atoms with Crippen molar-refractivity contribution in [1.82, 2.24) is 9.21 Å². The van der Waals surface area contributed by atoms with Crippen LogP contribution in [0.5, 0.6) is 5.75 Å². The van der Waals surface area contributed by atoms with Gasteiger partial charge in [-0.05, 0) is 43.7 Å². The molecule has 0 saturated carbocycles. The van der Waals surface area contributed by atoms with Crippen molar-refractivity contribution in [3.8, 4) is 5.75 Å². The number of nitrogens with zero attached hydrogens (tertiary/aromatic N) is 2. The number of aryl methyl sites for hydroxylation is 1.